The fraction of sp³-hybridized carbons (Fsp3) is 0.143. The molecule has 2 aliphatic rings. The fourth-order valence-electron chi connectivity index (χ4n) is 8.54. The molecule has 0 spiro atoms. The van der Waals surface area contributed by atoms with E-state index in [1.165, 1.54) is 27.2 Å². The molecule has 0 fully saturated rings. The van der Waals surface area contributed by atoms with Crippen LogP contribution in [0.3, 0.4) is 0 Å². The van der Waals surface area contributed by atoms with E-state index in [-0.39, 0.29) is 31.9 Å². The van der Waals surface area contributed by atoms with Crippen LogP contribution in [0.2, 0.25) is 0 Å². The van der Waals surface area contributed by atoms with E-state index < -0.39 is 6.98 Å². The Morgan fingerprint density at radius 2 is 1.35 bits per heavy atom. The van der Waals surface area contributed by atoms with Crippen molar-refractivity contribution in [2.24, 2.45) is 0 Å². The number of anilines is 3. The van der Waals surface area contributed by atoms with Crippen LogP contribution in [0.15, 0.2) is 140 Å². The summed E-state index contributed by atoms with van der Waals surface area (Å²) in [6, 6.07) is 52.2. The van der Waals surface area contributed by atoms with Gasteiger partial charge in [0.05, 0.1) is 0 Å². The molecule has 0 bridgehead atoms. The molecule has 0 radical (unpaired) electrons. The summed E-state index contributed by atoms with van der Waals surface area (Å²) < 4.78 is 33.1. The Morgan fingerprint density at radius 1 is 0.636 bits per heavy atom. The van der Waals surface area contributed by atoms with Crippen LogP contribution in [0.5, 0.6) is 11.5 Å². The molecule has 55 heavy (non-hydrogen) atoms. The monoisotopic (exact) mass is 897 g/mol. The first-order chi connectivity index (χ1) is 27.4. The van der Waals surface area contributed by atoms with Crippen LogP contribution in [-0.4, -0.2) is 16.5 Å². The van der Waals surface area contributed by atoms with Crippen molar-refractivity contribution in [3.05, 3.63) is 181 Å². The average molecular weight is 898 g/mol. The summed E-state index contributed by atoms with van der Waals surface area (Å²) in [7, 11) is 0. The van der Waals surface area contributed by atoms with Gasteiger partial charge in [-0.2, -0.15) is 18.8 Å². The molecule has 6 heteroatoms. The van der Waals surface area contributed by atoms with Crippen LogP contribution in [0.4, 0.5) is 17.1 Å². The van der Waals surface area contributed by atoms with Gasteiger partial charge < -0.3 is 19.1 Å². The van der Waals surface area contributed by atoms with Crippen molar-refractivity contribution in [1.82, 2.24) is 9.55 Å². The van der Waals surface area contributed by atoms with E-state index in [1.54, 1.807) is 6.67 Å². The van der Waals surface area contributed by atoms with Gasteiger partial charge in [0.25, 0.3) is 0 Å². The maximum atomic E-state index is 8.11. The molecule has 0 amide bonds. The van der Waals surface area contributed by atoms with E-state index in [1.807, 2.05) is 59.5 Å². The van der Waals surface area contributed by atoms with Gasteiger partial charge in [0, 0.05) is 70.6 Å². The Balaban J connectivity index is 0.00000436. The third kappa shape index (κ3) is 5.51. The van der Waals surface area contributed by atoms with Crippen LogP contribution in [0.1, 0.15) is 54.1 Å². The number of hydrogen-bond donors (Lipinski definition) is 0. The second kappa shape index (κ2) is 13.0. The minimum Gasteiger partial charge on any atom is -0.509 e. The Bertz CT molecular complexity index is 2880. The Morgan fingerprint density at radius 3 is 2.13 bits per heavy atom. The van der Waals surface area contributed by atoms with Gasteiger partial charge in [-0.15, -0.1) is 41.4 Å². The molecule has 0 saturated carbocycles. The summed E-state index contributed by atoms with van der Waals surface area (Å²) in [6.07, 6.45) is 2.07. The van der Waals surface area contributed by atoms with E-state index in [9.17, 15) is 0 Å². The van der Waals surface area contributed by atoms with Crippen molar-refractivity contribution >= 4 is 38.9 Å². The normalized spacial score (nSPS) is 16.0. The predicted molar refractivity (Wildman–Crippen MR) is 220 cm³/mol. The standard InChI is InChI=1S/C49H39N4O.Pt/c1-48(2)39-18-9-10-19-40(39)49(3,4)42-30-50-47(29-41(42)48)53-43-25-22-33(32-14-7-6-8-15-32)26-38(43)37-24-23-36(28-46(37)53)54-35-17-13-16-34(27-35)52-31-51(5)44-20-11-12-21-45(44)52;/h6-26,29-31H,1-5H3;/q-3;/i5D3;. The molecular weight excluding hydrogens is 856 g/mol. The zero-order chi connectivity index (χ0) is 39.3. The minimum absolute atomic E-state index is 0. The summed E-state index contributed by atoms with van der Waals surface area (Å²) in [5.41, 5.74) is 10.8. The van der Waals surface area contributed by atoms with Crippen LogP contribution in [0.25, 0.3) is 38.8 Å². The number of fused-ring (bicyclic) bond motifs is 6. The van der Waals surface area contributed by atoms with Gasteiger partial charge in [-0.05, 0) is 70.0 Å². The quantitative estimate of drug-likeness (QED) is 0.161. The molecule has 0 N–H and O–H groups in total. The van der Waals surface area contributed by atoms with Crippen molar-refractivity contribution in [3.8, 4) is 28.4 Å². The third-order valence-corrected chi connectivity index (χ3v) is 11.4. The SMILES string of the molecule is [2H]C([2H])([2H])N1[CH-]N(c2[c-]c(Oc3[c-]c4c(cc3)c3cc(-c5ccccc5)ccc3n4-c3cc4c(cn3)C(C)(C)c3ccccc3C4(C)C)ccc2)c2ccccc21.[Pt]. The zero-order valence-corrected chi connectivity index (χ0v) is 33.1. The molecule has 6 aromatic carbocycles. The summed E-state index contributed by atoms with van der Waals surface area (Å²) >= 11 is 0. The Labute approximate surface area is 341 Å². The van der Waals surface area contributed by atoms with Gasteiger partial charge in [0.15, 0.2) is 0 Å². The van der Waals surface area contributed by atoms with Crippen LogP contribution in [-0.2, 0) is 31.9 Å². The Hall–Kier alpha value is -5.64. The van der Waals surface area contributed by atoms with Gasteiger partial charge in [-0.25, -0.2) is 4.98 Å². The number of nitrogens with zero attached hydrogens (tertiary/aromatic N) is 4. The molecule has 0 saturated heterocycles. The maximum absolute atomic E-state index is 8.11. The van der Waals surface area contributed by atoms with E-state index in [0.717, 1.165) is 44.4 Å². The number of hydrogen-bond acceptors (Lipinski definition) is 4. The average Bonchev–Trinajstić information content (AvgIpc) is 3.77. The zero-order valence-electron chi connectivity index (χ0n) is 33.9. The topological polar surface area (TPSA) is 33.5 Å². The molecule has 2 aromatic heterocycles. The molecule has 0 atom stereocenters. The predicted octanol–water partition coefficient (Wildman–Crippen LogP) is 11.9. The first kappa shape index (κ1) is 31.7. The van der Waals surface area contributed by atoms with E-state index in [0.29, 0.717) is 22.9 Å². The first-order valence-corrected chi connectivity index (χ1v) is 18.3. The number of para-hydroxylation sites is 2. The third-order valence-electron chi connectivity index (χ3n) is 11.4. The van der Waals surface area contributed by atoms with E-state index in [4.69, 9.17) is 13.8 Å². The molecule has 5 nitrogen and oxygen atoms in total. The molecular formula is C49H39N4OPt-3. The number of pyridine rings is 1. The van der Waals surface area contributed by atoms with Crippen molar-refractivity contribution in [2.75, 3.05) is 16.8 Å². The van der Waals surface area contributed by atoms with Gasteiger partial charge in [0.2, 0.25) is 0 Å². The summed E-state index contributed by atoms with van der Waals surface area (Å²) in [4.78, 5) is 8.34. The second-order valence-electron chi connectivity index (χ2n) is 15.2. The minimum atomic E-state index is -2.34. The molecule has 10 rings (SSSR count). The summed E-state index contributed by atoms with van der Waals surface area (Å²) in [6.45, 7) is 8.46. The van der Waals surface area contributed by atoms with E-state index in [2.05, 4.69) is 129 Å². The molecule has 3 heterocycles. The van der Waals surface area contributed by atoms with Crippen molar-refractivity contribution < 1.29 is 29.9 Å². The number of rotatable bonds is 5. The van der Waals surface area contributed by atoms with Crippen molar-refractivity contribution in [3.63, 3.8) is 0 Å². The van der Waals surface area contributed by atoms with Crippen LogP contribution in [0, 0.1) is 18.8 Å². The molecule has 8 aromatic rings. The molecule has 0 unspecified atom stereocenters. The van der Waals surface area contributed by atoms with Crippen molar-refractivity contribution in [1.29, 1.82) is 0 Å². The van der Waals surface area contributed by atoms with E-state index >= 15 is 0 Å². The number of aromatic nitrogens is 2. The number of benzene rings is 6. The Kier molecular flexibility index (Phi) is 7.49. The first-order valence-electron chi connectivity index (χ1n) is 19.8. The largest absolute Gasteiger partial charge is 0.509 e. The second-order valence-corrected chi connectivity index (χ2v) is 15.2. The van der Waals surface area contributed by atoms with Crippen LogP contribution < -0.4 is 14.5 Å². The maximum Gasteiger partial charge on any atom is 0.135 e. The molecule has 274 valence electrons. The van der Waals surface area contributed by atoms with Crippen LogP contribution >= 0.6 is 0 Å². The summed E-state index contributed by atoms with van der Waals surface area (Å²) in [5.74, 6) is 1.81. The van der Waals surface area contributed by atoms with Gasteiger partial charge in [-0.3, -0.25) is 0 Å². The smallest absolute Gasteiger partial charge is 0.135 e. The fourth-order valence-corrected chi connectivity index (χ4v) is 8.54. The molecule has 1 aliphatic heterocycles. The molecule has 1 aliphatic carbocycles. The summed E-state index contributed by atoms with van der Waals surface area (Å²) in [5, 5.41) is 2.12. The van der Waals surface area contributed by atoms with Gasteiger partial charge in [-0.1, -0.05) is 112 Å². The van der Waals surface area contributed by atoms with Gasteiger partial charge in [0.1, 0.15) is 5.82 Å². The van der Waals surface area contributed by atoms with Crippen molar-refractivity contribution in [2.45, 2.75) is 38.5 Å². The van der Waals surface area contributed by atoms with Gasteiger partial charge >= 0.3 is 0 Å². The number of ether oxygens (including phenoxy) is 1.